The van der Waals surface area contributed by atoms with Crippen LogP contribution in [0.25, 0.3) is 6.08 Å². The molecule has 0 aromatic heterocycles. The first-order valence-electron chi connectivity index (χ1n) is 8.62. The summed E-state index contributed by atoms with van der Waals surface area (Å²) in [6.07, 6.45) is 5.88. The molecule has 0 aliphatic carbocycles. The van der Waals surface area contributed by atoms with Crippen LogP contribution >= 0.6 is 0 Å². The minimum Gasteiger partial charge on any atom is -0.348 e. The normalized spacial score (nSPS) is 15.5. The summed E-state index contributed by atoms with van der Waals surface area (Å²) in [6, 6.07) is 18.5. The lowest BCUT2D eigenvalue weighted by Crippen LogP contribution is -2.26. The molecule has 1 aliphatic rings. The summed E-state index contributed by atoms with van der Waals surface area (Å²) < 4.78 is 0. The third kappa shape index (κ3) is 4.80. The maximum Gasteiger partial charge on any atom is 0.244 e. The van der Waals surface area contributed by atoms with Gasteiger partial charge in [-0.2, -0.15) is 0 Å². The number of hydrogen-bond acceptors (Lipinski definition) is 2. The number of amides is 1. The molecule has 1 heterocycles. The summed E-state index contributed by atoms with van der Waals surface area (Å²) in [5.74, 6) is 0.567. The van der Waals surface area contributed by atoms with Gasteiger partial charge in [-0.05, 0) is 54.6 Å². The van der Waals surface area contributed by atoms with Gasteiger partial charge in [0.1, 0.15) is 0 Å². The van der Waals surface area contributed by atoms with Crippen LogP contribution in [0.5, 0.6) is 0 Å². The van der Waals surface area contributed by atoms with Gasteiger partial charge in [0.15, 0.2) is 0 Å². The Morgan fingerprint density at radius 2 is 1.88 bits per heavy atom. The van der Waals surface area contributed by atoms with Crippen molar-refractivity contribution in [1.29, 1.82) is 0 Å². The van der Waals surface area contributed by atoms with Crippen molar-refractivity contribution < 1.29 is 4.79 Å². The van der Waals surface area contributed by atoms with Gasteiger partial charge >= 0.3 is 0 Å². The van der Waals surface area contributed by atoms with E-state index in [1.165, 1.54) is 18.4 Å². The minimum absolute atomic E-state index is 0.0638. The molecule has 2 aromatic rings. The summed E-state index contributed by atoms with van der Waals surface area (Å²) in [5, 5.41) is 6.31. The second kappa shape index (κ2) is 8.46. The van der Waals surface area contributed by atoms with Crippen LogP contribution in [0.2, 0.25) is 0 Å². The van der Waals surface area contributed by atoms with Crippen molar-refractivity contribution in [2.45, 2.75) is 25.3 Å². The summed E-state index contributed by atoms with van der Waals surface area (Å²) in [6.45, 7) is 2.73. The van der Waals surface area contributed by atoms with E-state index in [0.29, 0.717) is 12.5 Å². The van der Waals surface area contributed by atoms with E-state index in [-0.39, 0.29) is 5.91 Å². The molecule has 2 aromatic carbocycles. The summed E-state index contributed by atoms with van der Waals surface area (Å²) in [5.41, 5.74) is 3.57. The van der Waals surface area contributed by atoms with Gasteiger partial charge in [0.05, 0.1) is 0 Å². The lowest BCUT2D eigenvalue weighted by molar-refractivity contribution is -0.116. The molecule has 0 atom stereocenters. The number of hydrogen-bond donors (Lipinski definition) is 2. The summed E-state index contributed by atoms with van der Waals surface area (Å²) in [4.78, 5) is 12.0. The molecule has 124 valence electrons. The number of piperidine rings is 1. The molecule has 1 amide bonds. The van der Waals surface area contributed by atoms with Crippen LogP contribution in [0, 0.1) is 0 Å². The monoisotopic (exact) mass is 320 g/mol. The van der Waals surface area contributed by atoms with Crippen LogP contribution in [0.4, 0.5) is 0 Å². The predicted molar refractivity (Wildman–Crippen MR) is 98.6 cm³/mol. The van der Waals surface area contributed by atoms with E-state index in [1.54, 1.807) is 6.08 Å². The second-order valence-corrected chi connectivity index (χ2v) is 6.23. The molecule has 0 bridgehead atoms. The number of carbonyl (C=O) groups excluding carboxylic acids is 1. The highest BCUT2D eigenvalue weighted by Gasteiger charge is 2.14. The summed E-state index contributed by atoms with van der Waals surface area (Å²) >= 11 is 0. The fraction of sp³-hybridized carbons (Fsp3) is 0.286. The third-order valence-corrected chi connectivity index (χ3v) is 4.46. The van der Waals surface area contributed by atoms with E-state index >= 15 is 0 Å². The van der Waals surface area contributed by atoms with Crippen LogP contribution in [-0.4, -0.2) is 19.0 Å². The Hall–Kier alpha value is -2.39. The number of benzene rings is 2. The fourth-order valence-corrected chi connectivity index (χ4v) is 3.09. The van der Waals surface area contributed by atoms with Crippen molar-refractivity contribution in [3.8, 4) is 0 Å². The Morgan fingerprint density at radius 3 is 2.67 bits per heavy atom. The highest BCUT2D eigenvalue weighted by Crippen LogP contribution is 2.25. The van der Waals surface area contributed by atoms with Gasteiger partial charge in [-0.25, -0.2) is 0 Å². The first kappa shape index (κ1) is 16.5. The summed E-state index contributed by atoms with van der Waals surface area (Å²) in [7, 11) is 0. The van der Waals surface area contributed by atoms with Crippen LogP contribution in [0.3, 0.4) is 0 Å². The van der Waals surface area contributed by atoms with Gasteiger partial charge in [-0.1, -0.05) is 54.6 Å². The van der Waals surface area contributed by atoms with Gasteiger partial charge in [0, 0.05) is 12.6 Å². The van der Waals surface area contributed by atoms with Crippen molar-refractivity contribution in [3.05, 3.63) is 77.4 Å². The number of rotatable bonds is 5. The quantitative estimate of drug-likeness (QED) is 0.828. The molecule has 3 heteroatoms. The molecular weight excluding hydrogens is 296 g/mol. The Kier molecular flexibility index (Phi) is 5.80. The Balaban J connectivity index is 1.56. The molecule has 24 heavy (non-hydrogen) atoms. The largest absolute Gasteiger partial charge is 0.348 e. The van der Waals surface area contributed by atoms with Gasteiger partial charge in [0.25, 0.3) is 0 Å². The number of nitrogens with one attached hydrogen (secondary N) is 2. The Labute approximate surface area is 143 Å². The van der Waals surface area contributed by atoms with Crippen LogP contribution in [-0.2, 0) is 11.3 Å². The molecule has 0 unspecified atom stereocenters. The first-order chi connectivity index (χ1) is 11.8. The minimum atomic E-state index is -0.0638. The Morgan fingerprint density at radius 1 is 1.08 bits per heavy atom. The van der Waals surface area contributed by atoms with Crippen LogP contribution in [0.1, 0.15) is 35.4 Å². The average Bonchev–Trinajstić information content (AvgIpc) is 2.66. The maximum atomic E-state index is 12.0. The standard InChI is InChI=1S/C21H24N2O/c24-21(23-16-18-5-2-1-3-6-18)10-9-17-7-4-8-20(15-17)19-11-13-22-14-12-19/h1-10,15,19,22H,11-14,16H2,(H,23,24)/b10-9+. The molecule has 3 nitrogen and oxygen atoms in total. The SMILES string of the molecule is O=C(/C=C/c1cccc(C2CCNCC2)c1)NCc1ccccc1. The van der Waals surface area contributed by atoms with E-state index in [0.717, 1.165) is 24.2 Å². The lowest BCUT2D eigenvalue weighted by Gasteiger charge is -2.23. The molecule has 0 saturated carbocycles. The number of carbonyl (C=O) groups is 1. The van der Waals surface area contributed by atoms with Crippen molar-refractivity contribution in [2.75, 3.05) is 13.1 Å². The zero-order valence-electron chi connectivity index (χ0n) is 13.9. The predicted octanol–water partition coefficient (Wildman–Crippen LogP) is 3.48. The highest BCUT2D eigenvalue weighted by atomic mass is 16.1. The zero-order chi connectivity index (χ0) is 16.6. The smallest absolute Gasteiger partial charge is 0.244 e. The van der Waals surface area contributed by atoms with Crippen LogP contribution < -0.4 is 10.6 Å². The maximum absolute atomic E-state index is 12.0. The van der Waals surface area contributed by atoms with E-state index in [4.69, 9.17) is 0 Å². The molecule has 1 saturated heterocycles. The average molecular weight is 320 g/mol. The molecule has 1 aliphatic heterocycles. The molecule has 2 N–H and O–H groups in total. The van der Waals surface area contributed by atoms with Crippen molar-refractivity contribution in [3.63, 3.8) is 0 Å². The van der Waals surface area contributed by atoms with Crippen LogP contribution in [0.15, 0.2) is 60.7 Å². The molecule has 0 radical (unpaired) electrons. The van der Waals surface area contributed by atoms with Crippen molar-refractivity contribution in [1.82, 2.24) is 10.6 Å². The fourth-order valence-electron chi connectivity index (χ4n) is 3.09. The third-order valence-electron chi connectivity index (χ3n) is 4.46. The van der Waals surface area contributed by atoms with E-state index in [1.807, 2.05) is 42.5 Å². The zero-order valence-corrected chi connectivity index (χ0v) is 13.9. The van der Waals surface area contributed by atoms with E-state index in [9.17, 15) is 4.79 Å². The molecular formula is C21H24N2O. The van der Waals surface area contributed by atoms with Gasteiger partial charge in [-0.3, -0.25) is 4.79 Å². The van der Waals surface area contributed by atoms with Gasteiger partial charge in [-0.15, -0.1) is 0 Å². The van der Waals surface area contributed by atoms with Crippen molar-refractivity contribution >= 4 is 12.0 Å². The topological polar surface area (TPSA) is 41.1 Å². The molecule has 3 rings (SSSR count). The van der Waals surface area contributed by atoms with Gasteiger partial charge in [0.2, 0.25) is 5.91 Å². The van der Waals surface area contributed by atoms with E-state index < -0.39 is 0 Å². The highest BCUT2D eigenvalue weighted by molar-refractivity contribution is 5.91. The molecule has 0 spiro atoms. The molecule has 1 fully saturated rings. The van der Waals surface area contributed by atoms with E-state index in [2.05, 4.69) is 28.8 Å². The van der Waals surface area contributed by atoms with Gasteiger partial charge < -0.3 is 10.6 Å². The van der Waals surface area contributed by atoms with Crippen molar-refractivity contribution in [2.24, 2.45) is 0 Å². The first-order valence-corrected chi connectivity index (χ1v) is 8.62. The lowest BCUT2D eigenvalue weighted by atomic mass is 9.89. The second-order valence-electron chi connectivity index (χ2n) is 6.23. The Bertz CT molecular complexity index is 688.